The molecule has 5 heteroatoms. The second-order valence-corrected chi connectivity index (χ2v) is 5.67. The molecular weight excluding hydrogens is 313 g/mol. The van der Waals surface area contributed by atoms with Crippen molar-refractivity contribution in [1.29, 1.82) is 0 Å². The van der Waals surface area contributed by atoms with Gasteiger partial charge in [0, 0.05) is 27.9 Å². The topological polar surface area (TPSA) is 29.1 Å². The molecule has 0 spiro atoms. The first kappa shape index (κ1) is 13.8. The fraction of sp³-hybridized carbons (Fsp3) is 0.364. The van der Waals surface area contributed by atoms with Crippen molar-refractivity contribution in [3.05, 3.63) is 33.8 Å². The van der Waals surface area contributed by atoms with Crippen molar-refractivity contribution in [2.24, 2.45) is 0 Å². The van der Waals surface area contributed by atoms with Crippen molar-refractivity contribution in [2.75, 3.05) is 6.54 Å². The maximum atomic E-state index is 10.8. The fourth-order valence-corrected chi connectivity index (χ4v) is 1.75. The van der Waals surface area contributed by atoms with E-state index in [1.54, 1.807) is 6.07 Å². The van der Waals surface area contributed by atoms with E-state index in [4.69, 9.17) is 23.2 Å². The van der Waals surface area contributed by atoms with Crippen LogP contribution >= 0.6 is 39.1 Å². The lowest BCUT2D eigenvalue weighted by molar-refractivity contribution is 0.259. The van der Waals surface area contributed by atoms with Gasteiger partial charge in [-0.3, -0.25) is 4.79 Å². The average molecular weight is 325 g/mol. The Kier molecular flexibility index (Phi) is 4.65. The summed E-state index contributed by atoms with van der Waals surface area (Å²) in [6.45, 7) is 4.57. The number of carbonyl (C=O) groups is 1. The smallest absolute Gasteiger partial charge is 0.287 e. The van der Waals surface area contributed by atoms with Gasteiger partial charge in [-0.05, 0) is 17.7 Å². The first-order chi connectivity index (χ1) is 7.33. The first-order valence-electron chi connectivity index (χ1n) is 4.72. The summed E-state index contributed by atoms with van der Waals surface area (Å²) in [7, 11) is 0. The number of rotatable bonds is 3. The molecule has 0 unspecified atom stereocenters. The van der Waals surface area contributed by atoms with E-state index in [1.165, 1.54) is 0 Å². The van der Waals surface area contributed by atoms with E-state index < -0.39 is 0 Å². The van der Waals surface area contributed by atoms with Gasteiger partial charge in [-0.15, -0.1) is 0 Å². The number of nitrogens with one attached hydrogen (secondary N) is 1. The summed E-state index contributed by atoms with van der Waals surface area (Å²) in [4.78, 5) is 10.6. The van der Waals surface area contributed by atoms with Gasteiger partial charge < -0.3 is 5.32 Å². The predicted molar refractivity (Wildman–Crippen MR) is 71.8 cm³/mol. The highest BCUT2D eigenvalue weighted by molar-refractivity contribution is 9.18. The summed E-state index contributed by atoms with van der Waals surface area (Å²) < 4.78 is 0. The van der Waals surface area contributed by atoms with Gasteiger partial charge in [0.05, 0.1) is 10.0 Å². The van der Waals surface area contributed by atoms with Gasteiger partial charge in [0.25, 0.3) is 4.82 Å². The van der Waals surface area contributed by atoms with Crippen LogP contribution in [0, 0.1) is 0 Å². The van der Waals surface area contributed by atoms with Crippen molar-refractivity contribution in [3.63, 3.8) is 0 Å². The molecule has 0 atom stereocenters. The molecule has 0 aliphatic carbocycles. The van der Waals surface area contributed by atoms with E-state index in [0.717, 1.165) is 5.56 Å². The van der Waals surface area contributed by atoms with Crippen LogP contribution in [0.3, 0.4) is 0 Å². The van der Waals surface area contributed by atoms with E-state index >= 15 is 0 Å². The number of benzene rings is 1. The van der Waals surface area contributed by atoms with Gasteiger partial charge in [0.15, 0.2) is 0 Å². The summed E-state index contributed by atoms with van der Waals surface area (Å²) in [5.41, 5.74) is 0.834. The highest BCUT2D eigenvalue weighted by Gasteiger charge is 2.21. The zero-order valence-corrected chi connectivity index (χ0v) is 12.1. The molecule has 88 valence electrons. The standard InChI is InChI=1S/C11H12BrCl2NO/c1-11(2,6-15-10(12)16)7-3-4-8(13)9(14)5-7/h3-5H,6H2,1-2H3,(H,15,16). The lowest BCUT2D eigenvalue weighted by Gasteiger charge is -2.25. The molecule has 0 bridgehead atoms. The summed E-state index contributed by atoms with van der Waals surface area (Å²) in [5, 5.41) is 3.78. The fourth-order valence-electron chi connectivity index (χ4n) is 1.31. The Morgan fingerprint density at radius 1 is 1.38 bits per heavy atom. The largest absolute Gasteiger partial charge is 0.346 e. The van der Waals surface area contributed by atoms with Gasteiger partial charge >= 0.3 is 0 Å². The van der Waals surface area contributed by atoms with E-state index in [-0.39, 0.29) is 10.2 Å². The van der Waals surface area contributed by atoms with Gasteiger partial charge in [0.1, 0.15) is 0 Å². The van der Waals surface area contributed by atoms with Crippen LogP contribution in [0.4, 0.5) is 4.79 Å². The average Bonchev–Trinajstić information content (AvgIpc) is 2.19. The third kappa shape index (κ3) is 3.65. The number of halogens is 3. The normalized spacial score (nSPS) is 11.3. The number of hydrogen-bond acceptors (Lipinski definition) is 1. The lowest BCUT2D eigenvalue weighted by Crippen LogP contribution is -2.34. The summed E-state index contributed by atoms with van der Waals surface area (Å²) in [5.74, 6) is 0. The van der Waals surface area contributed by atoms with Gasteiger partial charge in [-0.25, -0.2) is 0 Å². The minimum atomic E-state index is -0.222. The first-order valence-corrected chi connectivity index (χ1v) is 6.27. The molecule has 0 saturated carbocycles. The maximum Gasteiger partial charge on any atom is 0.287 e. The quantitative estimate of drug-likeness (QED) is 0.649. The van der Waals surface area contributed by atoms with Gasteiger partial charge in [-0.1, -0.05) is 43.1 Å². The van der Waals surface area contributed by atoms with Crippen LogP contribution in [0.25, 0.3) is 0 Å². The molecule has 0 aromatic heterocycles. The zero-order valence-electron chi connectivity index (χ0n) is 8.98. The molecule has 0 radical (unpaired) electrons. The summed E-state index contributed by atoms with van der Waals surface area (Å²) >= 11 is 14.6. The summed E-state index contributed by atoms with van der Waals surface area (Å²) in [6.07, 6.45) is 0. The van der Waals surface area contributed by atoms with Crippen LogP contribution < -0.4 is 5.32 Å². The second kappa shape index (κ2) is 5.39. The molecule has 0 aliphatic heterocycles. The van der Waals surface area contributed by atoms with Crippen LogP contribution in [-0.4, -0.2) is 11.4 Å². The number of amides is 1. The van der Waals surface area contributed by atoms with Crippen molar-refractivity contribution >= 4 is 43.9 Å². The third-order valence-corrected chi connectivity index (χ3v) is 3.39. The zero-order chi connectivity index (χ0) is 12.3. The van der Waals surface area contributed by atoms with E-state index in [9.17, 15) is 4.79 Å². The predicted octanol–water partition coefficient (Wildman–Crippen LogP) is 4.38. The van der Waals surface area contributed by atoms with Crippen LogP contribution in [0.15, 0.2) is 18.2 Å². The number of carbonyl (C=O) groups excluding carboxylic acids is 1. The Labute approximate surface area is 113 Å². The van der Waals surface area contributed by atoms with E-state index in [0.29, 0.717) is 16.6 Å². The molecule has 1 aromatic carbocycles. The Hall–Kier alpha value is -0.250. The Morgan fingerprint density at radius 3 is 2.50 bits per heavy atom. The van der Waals surface area contributed by atoms with Crippen LogP contribution in [-0.2, 0) is 5.41 Å². The Balaban J connectivity index is 2.88. The van der Waals surface area contributed by atoms with E-state index in [2.05, 4.69) is 21.2 Å². The van der Waals surface area contributed by atoms with Crippen molar-refractivity contribution in [1.82, 2.24) is 5.32 Å². The maximum absolute atomic E-state index is 10.8. The molecule has 1 N–H and O–H groups in total. The molecule has 2 nitrogen and oxygen atoms in total. The minimum Gasteiger partial charge on any atom is -0.346 e. The monoisotopic (exact) mass is 323 g/mol. The molecule has 1 amide bonds. The van der Waals surface area contributed by atoms with Gasteiger partial charge in [0.2, 0.25) is 0 Å². The molecule has 16 heavy (non-hydrogen) atoms. The van der Waals surface area contributed by atoms with Crippen LogP contribution in [0.1, 0.15) is 19.4 Å². The molecule has 0 fully saturated rings. The second-order valence-electron chi connectivity index (χ2n) is 4.14. The molecule has 1 rings (SSSR count). The van der Waals surface area contributed by atoms with Gasteiger partial charge in [-0.2, -0.15) is 0 Å². The minimum absolute atomic E-state index is 0.197. The van der Waals surface area contributed by atoms with Crippen molar-refractivity contribution in [3.8, 4) is 0 Å². The van der Waals surface area contributed by atoms with Crippen molar-refractivity contribution < 1.29 is 4.79 Å². The number of hydrogen-bond donors (Lipinski definition) is 1. The molecule has 0 aliphatic rings. The Bertz CT molecular complexity index is 407. The van der Waals surface area contributed by atoms with Crippen LogP contribution in [0.5, 0.6) is 0 Å². The lowest BCUT2D eigenvalue weighted by atomic mass is 9.85. The Morgan fingerprint density at radius 2 is 2.00 bits per heavy atom. The third-order valence-electron chi connectivity index (χ3n) is 2.37. The highest BCUT2D eigenvalue weighted by atomic mass is 79.9. The molecule has 0 heterocycles. The van der Waals surface area contributed by atoms with Crippen molar-refractivity contribution in [2.45, 2.75) is 19.3 Å². The highest BCUT2D eigenvalue weighted by Crippen LogP contribution is 2.29. The van der Waals surface area contributed by atoms with E-state index in [1.807, 2.05) is 26.0 Å². The van der Waals surface area contributed by atoms with Crippen LogP contribution in [0.2, 0.25) is 10.0 Å². The molecule has 1 aromatic rings. The molecule has 0 saturated heterocycles. The SMILES string of the molecule is CC(C)(CNC(=O)Br)c1ccc(Cl)c(Cl)c1. The summed E-state index contributed by atoms with van der Waals surface area (Å²) in [6, 6.07) is 5.50. The molecular formula is C11H12BrCl2NO.